The SMILES string of the molecule is Cc1sc(CN)cc1CN(C)C1CCC(C)CC1. The number of hydrogen-bond acceptors (Lipinski definition) is 3. The summed E-state index contributed by atoms with van der Waals surface area (Å²) in [5.41, 5.74) is 7.19. The van der Waals surface area contributed by atoms with Gasteiger partial charge in [0.05, 0.1) is 0 Å². The largest absolute Gasteiger partial charge is 0.326 e. The molecule has 2 nitrogen and oxygen atoms in total. The number of nitrogens with two attached hydrogens (primary N) is 1. The second-order valence-corrected chi connectivity index (χ2v) is 7.17. The molecule has 1 aliphatic rings. The Bertz CT molecular complexity index is 378. The zero-order valence-corrected chi connectivity index (χ0v) is 12.7. The molecule has 1 aromatic heterocycles. The predicted octanol–water partition coefficient (Wildman–Crippen LogP) is 3.53. The first-order valence-corrected chi connectivity index (χ1v) is 7.90. The molecule has 0 atom stereocenters. The minimum absolute atomic E-state index is 0.677. The van der Waals surface area contributed by atoms with Crippen molar-refractivity contribution in [2.45, 2.75) is 58.7 Å². The van der Waals surface area contributed by atoms with Crippen molar-refractivity contribution in [1.82, 2.24) is 4.90 Å². The van der Waals surface area contributed by atoms with Crippen molar-refractivity contribution in [1.29, 1.82) is 0 Å². The van der Waals surface area contributed by atoms with Crippen molar-refractivity contribution >= 4 is 11.3 Å². The fraction of sp³-hybridized carbons (Fsp3) is 0.733. The Morgan fingerprint density at radius 2 is 2.00 bits per heavy atom. The van der Waals surface area contributed by atoms with Gasteiger partial charge in [0, 0.05) is 28.9 Å². The lowest BCUT2D eigenvalue weighted by atomic mass is 9.86. The average Bonchev–Trinajstić information content (AvgIpc) is 2.71. The molecule has 1 heterocycles. The molecule has 1 aliphatic carbocycles. The van der Waals surface area contributed by atoms with Crippen LogP contribution in [0.4, 0.5) is 0 Å². The van der Waals surface area contributed by atoms with E-state index in [2.05, 4.69) is 31.9 Å². The maximum atomic E-state index is 5.72. The van der Waals surface area contributed by atoms with Crippen molar-refractivity contribution in [3.63, 3.8) is 0 Å². The summed E-state index contributed by atoms with van der Waals surface area (Å²) < 4.78 is 0. The molecule has 18 heavy (non-hydrogen) atoms. The van der Waals surface area contributed by atoms with Crippen LogP contribution < -0.4 is 5.73 Å². The summed E-state index contributed by atoms with van der Waals surface area (Å²) in [6.07, 6.45) is 5.52. The fourth-order valence-corrected chi connectivity index (χ4v) is 3.86. The summed E-state index contributed by atoms with van der Waals surface area (Å²) in [5.74, 6) is 0.932. The first-order valence-electron chi connectivity index (χ1n) is 7.08. The van der Waals surface area contributed by atoms with Crippen LogP contribution in [-0.4, -0.2) is 18.0 Å². The Kier molecular flexibility index (Phi) is 4.82. The highest BCUT2D eigenvalue weighted by molar-refractivity contribution is 7.12. The van der Waals surface area contributed by atoms with E-state index < -0.39 is 0 Å². The van der Waals surface area contributed by atoms with Gasteiger partial charge in [0.2, 0.25) is 0 Å². The van der Waals surface area contributed by atoms with E-state index in [9.17, 15) is 0 Å². The van der Waals surface area contributed by atoms with Gasteiger partial charge in [0.1, 0.15) is 0 Å². The molecule has 0 unspecified atom stereocenters. The molecule has 102 valence electrons. The molecule has 1 saturated carbocycles. The number of rotatable bonds is 4. The Morgan fingerprint density at radius 3 is 2.56 bits per heavy atom. The minimum atomic E-state index is 0.677. The lowest BCUT2D eigenvalue weighted by Crippen LogP contribution is -2.34. The molecule has 2 N–H and O–H groups in total. The van der Waals surface area contributed by atoms with E-state index in [0.717, 1.165) is 18.5 Å². The lowest BCUT2D eigenvalue weighted by Gasteiger charge is -2.33. The third-order valence-electron chi connectivity index (χ3n) is 4.30. The van der Waals surface area contributed by atoms with Gasteiger partial charge in [0.15, 0.2) is 0 Å². The van der Waals surface area contributed by atoms with Crippen molar-refractivity contribution in [3.05, 3.63) is 21.4 Å². The molecular weight excluding hydrogens is 240 g/mol. The first-order chi connectivity index (χ1) is 8.60. The highest BCUT2D eigenvalue weighted by Crippen LogP contribution is 2.29. The van der Waals surface area contributed by atoms with Gasteiger partial charge in [-0.25, -0.2) is 0 Å². The standard InChI is InChI=1S/C15H26N2S/c1-11-4-6-14(7-5-11)17(3)10-13-8-15(9-16)18-12(13)2/h8,11,14H,4-7,9-10,16H2,1-3H3. The van der Waals surface area contributed by atoms with Crippen LogP contribution in [0.3, 0.4) is 0 Å². The van der Waals surface area contributed by atoms with Gasteiger partial charge in [-0.2, -0.15) is 0 Å². The van der Waals surface area contributed by atoms with E-state index in [0.29, 0.717) is 6.54 Å². The Morgan fingerprint density at radius 1 is 1.33 bits per heavy atom. The van der Waals surface area contributed by atoms with E-state index in [-0.39, 0.29) is 0 Å². The van der Waals surface area contributed by atoms with Crippen molar-refractivity contribution < 1.29 is 0 Å². The van der Waals surface area contributed by atoms with Crippen LogP contribution in [0.15, 0.2) is 6.07 Å². The van der Waals surface area contributed by atoms with Crippen molar-refractivity contribution in [2.24, 2.45) is 11.7 Å². The molecule has 0 spiro atoms. The average molecular weight is 266 g/mol. The van der Waals surface area contributed by atoms with Crippen molar-refractivity contribution in [2.75, 3.05) is 7.05 Å². The molecule has 1 fully saturated rings. The van der Waals surface area contributed by atoms with E-state index in [1.54, 1.807) is 0 Å². The summed E-state index contributed by atoms with van der Waals surface area (Å²) >= 11 is 1.85. The van der Waals surface area contributed by atoms with E-state index >= 15 is 0 Å². The first kappa shape index (κ1) is 14.0. The molecular formula is C15H26N2S. The molecule has 2 rings (SSSR count). The molecule has 0 amide bonds. The zero-order valence-electron chi connectivity index (χ0n) is 11.9. The molecule has 1 aromatic rings. The molecule has 0 aliphatic heterocycles. The number of nitrogens with zero attached hydrogens (tertiary/aromatic N) is 1. The van der Waals surface area contributed by atoms with Gasteiger partial charge >= 0.3 is 0 Å². The zero-order chi connectivity index (χ0) is 13.1. The van der Waals surface area contributed by atoms with Gasteiger partial charge in [0.25, 0.3) is 0 Å². The Labute approximate surface area is 115 Å². The van der Waals surface area contributed by atoms with E-state index in [1.165, 1.54) is 41.0 Å². The van der Waals surface area contributed by atoms with Crippen molar-refractivity contribution in [3.8, 4) is 0 Å². The van der Waals surface area contributed by atoms with Gasteiger partial charge in [-0.3, -0.25) is 4.90 Å². The molecule has 0 radical (unpaired) electrons. The van der Waals surface area contributed by atoms with Gasteiger partial charge in [-0.15, -0.1) is 11.3 Å². The third kappa shape index (κ3) is 3.34. The quantitative estimate of drug-likeness (QED) is 0.903. The lowest BCUT2D eigenvalue weighted by molar-refractivity contribution is 0.164. The van der Waals surface area contributed by atoms with Crippen LogP contribution in [0.1, 0.15) is 47.9 Å². The van der Waals surface area contributed by atoms with Crippen LogP contribution in [0, 0.1) is 12.8 Å². The monoisotopic (exact) mass is 266 g/mol. The van der Waals surface area contributed by atoms with Gasteiger partial charge < -0.3 is 5.73 Å². The second-order valence-electron chi connectivity index (χ2n) is 5.83. The maximum Gasteiger partial charge on any atom is 0.0274 e. The van der Waals surface area contributed by atoms with Crippen LogP contribution in [0.2, 0.25) is 0 Å². The summed E-state index contributed by atoms with van der Waals surface area (Å²) in [7, 11) is 2.28. The molecule has 3 heteroatoms. The molecule has 0 bridgehead atoms. The van der Waals surface area contributed by atoms with Gasteiger partial charge in [-0.1, -0.05) is 6.92 Å². The number of thiophene rings is 1. The van der Waals surface area contributed by atoms with Crippen LogP contribution in [0.25, 0.3) is 0 Å². The minimum Gasteiger partial charge on any atom is -0.326 e. The topological polar surface area (TPSA) is 29.3 Å². The maximum absolute atomic E-state index is 5.72. The predicted molar refractivity (Wildman–Crippen MR) is 79.8 cm³/mol. The summed E-state index contributed by atoms with van der Waals surface area (Å²) in [4.78, 5) is 5.29. The highest BCUT2D eigenvalue weighted by atomic mass is 32.1. The van der Waals surface area contributed by atoms with Crippen LogP contribution in [-0.2, 0) is 13.1 Å². The number of hydrogen-bond donors (Lipinski definition) is 1. The smallest absolute Gasteiger partial charge is 0.0274 e. The van der Waals surface area contributed by atoms with E-state index in [1.807, 2.05) is 11.3 Å². The van der Waals surface area contributed by atoms with Crippen LogP contribution in [0.5, 0.6) is 0 Å². The summed E-state index contributed by atoms with van der Waals surface area (Å²) in [6.45, 7) is 6.36. The number of aryl methyl sites for hydroxylation is 1. The summed E-state index contributed by atoms with van der Waals surface area (Å²) in [5, 5.41) is 0. The fourth-order valence-electron chi connectivity index (χ4n) is 2.93. The third-order valence-corrected chi connectivity index (χ3v) is 5.42. The highest BCUT2D eigenvalue weighted by Gasteiger charge is 2.22. The summed E-state index contributed by atoms with van der Waals surface area (Å²) in [6, 6.07) is 3.07. The Balaban J connectivity index is 1.93. The second kappa shape index (κ2) is 6.18. The van der Waals surface area contributed by atoms with Crippen LogP contribution >= 0.6 is 11.3 Å². The van der Waals surface area contributed by atoms with E-state index in [4.69, 9.17) is 5.73 Å². The normalized spacial score (nSPS) is 24.7. The Hall–Kier alpha value is -0.380. The molecule has 0 saturated heterocycles. The molecule has 0 aromatic carbocycles. The van der Waals surface area contributed by atoms with Gasteiger partial charge in [-0.05, 0) is 57.2 Å².